The van der Waals surface area contributed by atoms with Crippen molar-refractivity contribution in [2.75, 3.05) is 13.1 Å². The molecule has 3 atom stereocenters. The number of hydrogen-bond acceptors (Lipinski definition) is 2. The highest BCUT2D eigenvalue weighted by Gasteiger charge is 2.33. The van der Waals surface area contributed by atoms with Crippen LogP contribution in [0.1, 0.15) is 49.3 Å². The first kappa shape index (κ1) is 12.2. The number of nitrogens with one attached hydrogen (secondary N) is 1. The quantitative estimate of drug-likeness (QED) is 0.807. The Balaban J connectivity index is 1.69. The van der Waals surface area contributed by atoms with E-state index in [2.05, 4.69) is 36.5 Å². The van der Waals surface area contributed by atoms with Crippen molar-refractivity contribution in [2.45, 2.75) is 38.1 Å². The van der Waals surface area contributed by atoms with Crippen LogP contribution in [0.4, 0.5) is 0 Å². The molecule has 0 radical (unpaired) electrons. The molecule has 2 nitrogen and oxygen atoms in total. The third kappa shape index (κ3) is 2.60. The topological polar surface area (TPSA) is 38.0 Å². The van der Waals surface area contributed by atoms with Gasteiger partial charge in [0.25, 0.3) is 0 Å². The van der Waals surface area contributed by atoms with Crippen LogP contribution in [0.15, 0.2) is 24.3 Å². The van der Waals surface area contributed by atoms with Gasteiger partial charge in [0.15, 0.2) is 0 Å². The minimum atomic E-state index is 0.342. The lowest BCUT2D eigenvalue weighted by Crippen LogP contribution is -2.30. The molecule has 1 aromatic rings. The average Bonchev–Trinajstić information content (AvgIpc) is 3.28. The van der Waals surface area contributed by atoms with Gasteiger partial charge in [0.1, 0.15) is 0 Å². The lowest BCUT2D eigenvalue weighted by molar-refractivity contribution is 0.508. The third-order valence-corrected chi connectivity index (χ3v) is 4.53. The molecular weight excluding hydrogens is 220 g/mol. The summed E-state index contributed by atoms with van der Waals surface area (Å²) < 4.78 is 0. The van der Waals surface area contributed by atoms with E-state index in [0.29, 0.717) is 12.6 Å². The second kappa shape index (κ2) is 5.02. The Kier molecular flexibility index (Phi) is 3.40. The van der Waals surface area contributed by atoms with Crippen molar-refractivity contribution >= 4 is 0 Å². The maximum absolute atomic E-state index is 5.97. The van der Waals surface area contributed by atoms with Crippen molar-refractivity contribution in [1.29, 1.82) is 0 Å². The number of hydrogen-bond donors (Lipinski definition) is 2. The molecule has 0 saturated heterocycles. The van der Waals surface area contributed by atoms with Crippen molar-refractivity contribution in [1.82, 2.24) is 5.32 Å². The molecule has 0 aliphatic heterocycles. The summed E-state index contributed by atoms with van der Waals surface area (Å²) >= 11 is 0. The normalized spacial score (nSPS) is 28.1. The van der Waals surface area contributed by atoms with Crippen LogP contribution in [0.25, 0.3) is 0 Å². The number of nitrogens with two attached hydrogens (primary N) is 1. The first-order valence-electron chi connectivity index (χ1n) is 7.32. The van der Waals surface area contributed by atoms with Crippen molar-refractivity contribution in [3.05, 3.63) is 35.4 Å². The third-order valence-electron chi connectivity index (χ3n) is 4.53. The summed E-state index contributed by atoms with van der Waals surface area (Å²) in [5.41, 5.74) is 8.95. The van der Waals surface area contributed by atoms with Gasteiger partial charge in [-0.2, -0.15) is 0 Å². The van der Waals surface area contributed by atoms with Gasteiger partial charge >= 0.3 is 0 Å². The van der Waals surface area contributed by atoms with Crippen LogP contribution in [0.2, 0.25) is 0 Å². The zero-order valence-corrected chi connectivity index (χ0v) is 11.2. The second-order valence-corrected chi connectivity index (χ2v) is 6.07. The van der Waals surface area contributed by atoms with Crippen LogP contribution in [-0.2, 0) is 0 Å². The second-order valence-electron chi connectivity index (χ2n) is 6.07. The molecule has 0 heterocycles. The van der Waals surface area contributed by atoms with Crippen LogP contribution < -0.4 is 11.1 Å². The Bertz CT molecular complexity index is 411. The van der Waals surface area contributed by atoms with Gasteiger partial charge < -0.3 is 11.1 Å². The van der Waals surface area contributed by atoms with E-state index in [0.717, 1.165) is 24.3 Å². The van der Waals surface area contributed by atoms with E-state index in [4.69, 9.17) is 5.73 Å². The highest BCUT2D eigenvalue weighted by atomic mass is 14.9. The molecule has 0 bridgehead atoms. The maximum Gasteiger partial charge on any atom is 0.0447 e. The van der Waals surface area contributed by atoms with Crippen LogP contribution in [0.3, 0.4) is 0 Å². The SMILES string of the molecule is CC1CC1CNC(CN)c1ccccc1C1CC1. The highest BCUT2D eigenvalue weighted by molar-refractivity contribution is 5.35. The van der Waals surface area contributed by atoms with Gasteiger partial charge in [-0.25, -0.2) is 0 Å². The van der Waals surface area contributed by atoms with E-state index in [-0.39, 0.29) is 0 Å². The minimum absolute atomic E-state index is 0.342. The van der Waals surface area contributed by atoms with E-state index in [1.807, 2.05) is 0 Å². The Morgan fingerprint density at radius 1 is 1.33 bits per heavy atom. The fraction of sp³-hybridized carbons (Fsp3) is 0.625. The number of benzene rings is 1. The summed E-state index contributed by atoms with van der Waals surface area (Å²) in [5.74, 6) is 2.60. The molecule has 1 aromatic carbocycles. The van der Waals surface area contributed by atoms with Crippen LogP contribution >= 0.6 is 0 Å². The smallest absolute Gasteiger partial charge is 0.0447 e. The van der Waals surface area contributed by atoms with Crippen LogP contribution in [0.5, 0.6) is 0 Å². The maximum atomic E-state index is 5.97. The van der Waals surface area contributed by atoms with Gasteiger partial charge in [-0.05, 0) is 54.7 Å². The summed E-state index contributed by atoms with van der Waals surface area (Å²) in [4.78, 5) is 0. The molecule has 3 unspecified atom stereocenters. The molecule has 0 spiro atoms. The van der Waals surface area contributed by atoms with Gasteiger partial charge in [-0.15, -0.1) is 0 Å². The molecule has 0 amide bonds. The van der Waals surface area contributed by atoms with Crippen molar-refractivity contribution < 1.29 is 0 Å². The predicted molar refractivity (Wildman–Crippen MR) is 75.5 cm³/mol. The molecule has 2 heteroatoms. The van der Waals surface area contributed by atoms with Crippen LogP contribution in [-0.4, -0.2) is 13.1 Å². The van der Waals surface area contributed by atoms with Gasteiger partial charge in [-0.1, -0.05) is 31.2 Å². The van der Waals surface area contributed by atoms with E-state index < -0.39 is 0 Å². The summed E-state index contributed by atoms with van der Waals surface area (Å²) in [5, 5.41) is 3.68. The molecule has 18 heavy (non-hydrogen) atoms. The monoisotopic (exact) mass is 244 g/mol. The van der Waals surface area contributed by atoms with E-state index in [9.17, 15) is 0 Å². The van der Waals surface area contributed by atoms with Crippen molar-refractivity contribution in [3.63, 3.8) is 0 Å². The number of rotatable bonds is 6. The van der Waals surface area contributed by atoms with Crippen LogP contribution in [0, 0.1) is 11.8 Å². The lowest BCUT2D eigenvalue weighted by Gasteiger charge is -2.20. The zero-order chi connectivity index (χ0) is 12.5. The molecule has 2 fully saturated rings. The van der Waals surface area contributed by atoms with Gasteiger partial charge in [0, 0.05) is 12.6 Å². The molecule has 2 aliphatic carbocycles. The zero-order valence-electron chi connectivity index (χ0n) is 11.2. The van der Waals surface area contributed by atoms with E-state index >= 15 is 0 Å². The van der Waals surface area contributed by atoms with Gasteiger partial charge in [-0.3, -0.25) is 0 Å². The highest BCUT2D eigenvalue weighted by Crippen LogP contribution is 2.43. The lowest BCUT2D eigenvalue weighted by atomic mass is 9.97. The van der Waals surface area contributed by atoms with Gasteiger partial charge in [0.2, 0.25) is 0 Å². The molecule has 3 N–H and O–H groups in total. The summed E-state index contributed by atoms with van der Waals surface area (Å²) in [6.07, 6.45) is 4.09. The first-order valence-corrected chi connectivity index (χ1v) is 7.32. The average molecular weight is 244 g/mol. The van der Waals surface area contributed by atoms with E-state index in [1.54, 1.807) is 0 Å². The molecular formula is C16H24N2. The predicted octanol–water partition coefficient (Wildman–Crippen LogP) is 2.81. The fourth-order valence-electron chi connectivity index (χ4n) is 2.89. The minimum Gasteiger partial charge on any atom is -0.329 e. The largest absolute Gasteiger partial charge is 0.329 e. The van der Waals surface area contributed by atoms with Crippen molar-refractivity contribution in [3.8, 4) is 0 Å². The molecule has 3 rings (SSSR count). The summed E-state index contributed by atoms with van der Waals surface area (Å²) in [6, 6.07) is 9.19. The van der Waals surface area contributed by atoms with Gasteiger partial charge in [0.05, 0.1) is 0 Å². The molecule has 98 valence electrons. The molecule has 0 aromatic heterocycles. The standard InChI is InChI=1S/C16H24N2/c1-11-8-13(11)10-18-16(9-17)15-5-3-2-4-14(15)12-6-7-12/h2-5,11-13,16,18H,6-10,17H2,1H3. The summed E-state index contributed by atoms with van der Waals surface area (Å²) in [6.45, 7) is 4.16. The Hall–Kier alpha value is -0.860. The Labute approximate surface area is 110 Å². The fourth-order valence-corrected chi connectivity index (χ4v) is 2.89. The van der Waals surface area contributed by atoms with Crippen molar-refractivity contribution in [2.24, 2.45) is 17.6 Å². The summed E-state index contributed by atoms with van der Waals surface area (Å²) in [7, 11) is 0. The molecule has 2 saturated carbocycles. The Morgan fingerprint density at radius 2 is 2.06 bits per heavy atom. The molecule has 2 aliphatic rings. The Morgan fingerprint density at radius 3 is 2.67 bits per heavy atom. The van der Waals surface area contributed by atoms with E-state index in [1.165, 1.54) is 30.4 Å². The first-order chi connectivity index (χ1) is 8.79.